The van der Waals surface area contributed by atoms with Crippen LogP contribution in [-0.4, -0.2) is 47.9 Å². The summed E-state index contributed by atoms with van der Waals surface area (Å²) in [6.45, 7) is 1.09. The van der Waals surface area contributed by atoms with Gasteiger partial charge < -0.3 is 14.8 Å². The van der Waals surface area contributed by atoms with E-state index < -0.39 is 0 Å². The number of rotatable bonds is 8. The van der Waals surface area contributed by atoms with Crippen LogP contribution in [0.1, 0.15) is 16.9 Å². The molecule has 2 aromatic heterocycles. The van der Waals surface area contributed by atoms with Gasteiger partial charge in [0, 0.05) is 37.5 Å². The minimum Gasteiger partial charge on any atom is -0.496 e. The number of amides is 1. The molecule has 31 heavy (non-hydrogen) atoms. The van der Waals surface area contributed by atoms with Crippen molar-refractivity contribution in [2.24, 2.45) is 0 Å². The Kier molecular flexibility index (Phi) is 6.24. The number of ether oxygens (including phenoxy) is 2. The van der Waals surface area contributed by atoms with Crippen LogP contribution in [0.15, 0.2) is 66.7 Å². The molecule has 0 fully saturated rings. The number of fused-ring (bicyclic) bond motifs is 1. The molecule has 0 atom stereocenters. The summed E-state index contributed by atoms with van der Waals surface area (Å²) in [4.78, 5) is 17.8. The van der Waals surface area contributed by atoms with Crippen LogP contribution in [0.25, 0.3) is 28.2 Å². The summed E-state index contributed by atoms with van der Waals surface area (Å²) < 4.78 is 12.2. The normalized spacial score (nSPS) is 10.9. The van der Waals surface area contributed by atoms with Crippen molar-refractivity contribution >= 4 is 11.6 Å². The second-order valence-corrected chi connectivity index (χ2v) is 6.99. The fourth-order valence-electron chi connectivity index (χ4n) is 3.39. The minimum atomic E-state index is -0.220. The molecule has 158 valence electrons. The lowest BCUT2D eigenvalue weighted by Gasteiger charge is -2.11. The molecule has 0 unspecified atom stereocenters. The molecule has 1 N–H and O–H groups in total. The molecule has 2 aromatic carbocycles. The van der Waals surface area contributed by atoms with Crippen LogP contribution in [0.4, 0.5) is 0 Å². The van der Waals surface area contributed by atoms with E-state index in [9.17, 15) is 4.79 Å². The maximum atomic E-state index is 13.0. The smallest absolute Gasteiger partial charge is 0.270 e. The van der Waals surface area contributed by atoms with E-state index in [0.717, 1.165) is 23.2 Å². The first-order valence-electron chi connectivity index (χ1n) is 10.1. The van der Waals surface area contributed by atoms with Crippen LogP contribution in [0, 0.1) is 0 Å². The molecule has 0 aliphatic carbocycles. The molecular weight excluding hydrogens is 392 g/mol. The lowest BCUT2D eigenvalue weighted by molar-refractivity contribution is 0.0941. The van der Waals surface area contributed by atoms with Crippen LogP contribution in [0.2, 0.25) is 0 Å². The molecule has 0 spiro atoms. The molecule has 7 heteroatoms. The standard InChI is InChI=1S/C24H24N4O3/c1-30-14-8-13-25-24(29)21-15-20(18-11-6-7-12-22(18)31-2)26-23-16-19(27-28(21)23)17-9-4-3-5-10-17/h3-7,9-12,15-16H,8,13-14H2,1-2H3,(H,25,29). The minimum absolute atomic E-state index is 0.220. The first-order chi connectivity index (χ1) is 15.2. The van der Waals surface area contributed by atoms with Gasteiger partial charge in [-0.1, -0.05) is 42.5 Å². The Morgan fingerprint density at radius 3 is 2.55 bits per heavy atom. The van der Waals surface area contributed by atoms with E-state index in [1.165, 1.54) is 0 Å². The Hall–Kier alpha value is -3.71. The number of benzene rings is 2. The highest BCUT2D eigenvalue weighted by Crippen LogP contribution is 2.30. The molecule has 0 saturated carbocycles. The van der Waals surface area contributed by atoms with Crippen LogP contribution in [-0.2, 0) is 4.74 Å². The third kappa shape index (κ3) is 4.41. The van der Waals surface area contributed by atoms with Crippen molar-refractivity contribution in [1.82, 2.24) is 19.9 Å². The number of methoxy groups -OCH3 is 2. The summed E-state index contributed by atoms with van der Waals surface area (Å²) in [6, 6.07) is 21.1. The lowest BCUT2D eigenvalue weighted by Crippen LogP contribution is -2.27. The average Bonchev–Trinajstić information content (AvgIpc) is 3.26. The Morgan fingerprint density at radius 1 is 1.00 bits per heavy atom. The Bertz CT molecular complexity index is 1190. The van der Waals surface area contributed by atoms with Gasteiger partial charge in [-0.25, -0.2) is 9.50 Å². The number of nitrogens with one attached hydrogen (secondary N) is 1. The third-order valence-corrected chi connectivity index (χ3v) is 4.92. The Labute approximate surface area is 180 Å². The molecule has 4 aromatic rings. The van der Waals surface area contributed by atoms with Crippen molar-refractivity contribution in [3.8, 4) is 28.3 Å². The highest BCUT2D eigenvalue weighted by atomic mass is 16.5. The lowest BCUT2D eigenvalue weighted by atomic mass is 10.1. The van der Waals surface area contributed by atoms with E-state index in [-0.39, 0.29) is 5.91 Å². The van der Waals surface area contributed by atoms with Crippen molar-refractivity contribution in [3.05, 3.63) is 72.4 Å². The number of para-hydroxylation sites is 1. The van der Waals surface area contributed by atoms with Gasteiger partial charge in [-0.3, -0.25) is 4.79 Å². The summed E-state index contributed by atoms with van der Waals surface area (Å²) in [5.74, 6) is 0.468. The highest BCUT2D eigenvalue weighted by molar-refractivity contribution is 5.94. The molecule has 0 radical (unpaired) electrons. The zero-order valence-electron chi connectivity index (χ0n) is 17.5. The van der Waals surface area contributed by atoms with Gasteiger partial charge in [0.2, 0.25) is 0 Å². The van der Waals surface area contributed by atoms with Gasteiger partial charge in [0.25, 0.3) is 5.91 Å². The maximum absolute atomic E-state index is 13.0. The van der Waals surface area contributed by atoms with Crippen molar-refractivity contribution in [2.45, 2.75) is 6.42 Å². The Balaban J connectivity index is 1.81. The van der Waals surface area contributed by atoms with Crippen LogP contribution in [0.5, 0.6) is 5.75 Å². The van der Waals surface area contributed by atoms with Gasteiger partial charge in [0.15, 0.2) is 5.65 Å². The molecule has 2 heterocycles. The van der Waals surface area contributed by atoms with Gasteiger partial charge in [-0.2, -0.15) is 5.10 Å². The summed E-state index contributed by atoms with van der Waals surface area (Å²) in [5.41, 5.74) is 4.15. The molecule has 0 bridgehead atoms. The second kappa shape index (κ2) is 9.40. The SMILES string of the molecule is COCCCNC(=O)c1cc(-c2ccccc2OC)nc2cc(-c3ccccc3)nn12. The molecular formula is C24H24N4O3. The van der Waals surface area contributed by atoms with E-state index in [1.807, 2.05) is 60.7 Å². The van der Waals surface area contributed by atoms with Gasteiger partial charge >= 0.3 is 0 Å². The van der Waals surface area contributed by atoms with E-state index in [0.29, 0.717) is 35.9 Å². The van der Waals surface area contributed by atoms with Crippen molar-refractivity contribution in [3.63, 3.8) is 0 Å². The van der Waals surface area contributed by atoms with Crippen molar-refractivity contribution in [1.29, 1.82) is 0 Å². The third-order valence-electron chi connectivity index (χ3n) is 4.92. The summed E-state index contributed by atoms with van der Waals surface area (Å²) in [5, 5.41) is 7.61. The number of carbonyl (C=O) groups is 1. The first-order valence-corrected chi connectivity index (χ1v) is 10.1. The van der Waals surface area contributed by atoms with Gasteiger partial charge in [0.1, 0.15) is 11.4 Å². The number of hydrogen-bond acceptors (Lipinski definition) is 5. The summed E-state index contributed by atoms with van der Waals surface area (Å²) in [6.07, 6.45) is 0.726. The largest absolute Gasteiger partial charge is 0.496 e. The number of nitrogens with zero attached hydrogens (tertiary/aromatic N) is 3. The molecule has 0 aliphatic rings. The Morgan fingerprint density at radius 2 is 1.77 bits per heavy atom. The van der Waals surface area contributed by atoms with E-state index in [4.69, 9.17) is 14.5 Å². The van der Waals surface area contributed by atoms with E-state index in [1.54, 1.807) is 24.8 Å². The molecule has 0 saturated heterocycles. The fourth-order valence-corrected chi connectivity index (χ4v) is 3.39. The quantitative estimate of drug-likeness (QED) is 0.442. The van der Waals surface area contributed by atoms with Crippen LogP contribution in [0.3, 0.4) is 0 Å². The molecule has 4 rings (SSSR count). The maximum Gasteiger partial charge on any atom is 0.270 e. The summed E-state index contributed by atoms with van der Waals surface area (Å²) in [7, 11) is 3.26. The predicted molar refractivity (Wildman–Crippen MR) is 119 cm³/mol. The molecule has 0 aliphatic heterocycles. The average molecular weight is 416 g/mol. The number of aromatic nitrogens is 3. The van der Waals surface area contributed by atoms with E-state index >= 15 is 0 Å². The zero-order chi connectivity index (χ0) is 21.6. The van der Waals surface area contributed by atoms with Crippen molar-refractivity contribution < 1.29 is 14.3 Å². The van der Waals surface area contributed by atoms with Crippen molar-refractivity contribution in [2.75, 3.05) is 27.4 Å². The van der Waals surface area contributed by atoms with Gasteiger partial charge in [-0.15, -0.1) is 0 Å². The monoisotopic (exact) mass is 416 g/mol. The second-order valence-electron chi connectivity index (χ2n) is 6.99. The number of carbonyl (C=O) groups excluding carboxylic acids is 1. The fraction of sp³-hybridized carbons (Fsp3) is 0.208. The molecule has 7 nitrogen and oxygen atoms in total. The zero-order valence-corrected chi connectivity index (χ0v) is 17.5. The van der Waals surface area contributed by atoms with Crippen LogP contribution < -0.4 is 10.1 Å². The summed E-state index contributed by atoms with van der Waals surface area (Å²) >= 11 is 0. The predicted octanol–water partition coefficient (Wildman–Crippen LogP) is 3.84. The highest BCUT2D eigenvalue weighted by Gasteiger charge is 2.18. The topological polar surface area (TPSA) is 77.8 Å². The van der Waals surface area contributed by atoms with Gasteiger partial charge in [-0.05, 0) is 24.6 Å². The van der Waals surface area contributed by atoms with E-state index in [2.05, 4.69) is 10.4 Å². The van der Waals surface area contributed by atoms with Gasteiger partial charge in [0.05, 0.1) is 18.5 Å². The van der Waals surface area contributed by atoms with Crippen LogP contribution >= 0.6 is 0 Å². The molecule has 1 amide bonds. The first kappa shape index (κ1) is 20.6. The number of hydrogen-bond donors (Lipinski definition) is 1.